The van der Waals surface area contributed by atoms with Gasteiger partial charge in [-0.05, 0) is 98.5 Å². The van der Waals surface area contributed by atoms with Gasteiger partial charge in [0.2, 0.25) is 5.91 Å². The maximum atomic E-state index is 14.0. The van der Waals surface area contributed by atoms with Crippen molar-refractivity contribution in [2.75, 3.05) is 33.4 Å². The second-order valence-corrected chi connectivity index (χ2v) is 10.6. The number of carbonyl (C=O) groups is 1. The molecule has 11 heteroatoms. The monoisotopic (exact) mass is 572 g/mol. The summed E-state index contributed by atoms with van der Waals surface area (Å²) in [5, 5.41) is 6.02. The fourth-order valence-electron chi connectivity index (χ4n) is 6.07. The molecular weight excluding hydrogens is 538 g/mol. The Bertz CT molecular complexity index is 1110. The van der Waals surface area contributed by atoms with Crippen molar-refractivity contribution < 1.29 is 40.6 Å². The number of benzene rings is 2. The van der Waals surface area contributed by atoms with Crippen LogP contribution in [0.4, 0.5) is 26.3 Å². The smallest absolute Gasteiger partial charge is 0.416 e. The summed E-state index contributed by atoms with van der Waals surface area (Å²) in [6.45, 7) is 1.87. The molecule has 1 atom stereocenters. The van der Waals surface area contributed by atoms with Crippen LogP contribution >= 0.6 is 0 Å². The van der Waals surface area contributed by atoms with Crippen molar-refractivity contribution in [3.05, 3.63) is 64.7 Å². The summed E-state index contributed by atoms with van der Waals surface area (Å²) in [5.74, 6) is 0.439. The summed E-state index contributed by atoms with van der Waals surface area (Å²) in [7, 11) is 1.58. The van der Waals surface area contributed by atoms with Gasteiger partial charge in [0.1, 0.15) is 5.75 Å². The Kier molecular flexibility index (Phi) is 9.34. The van der Waals surface area contributed by atoms with E-state index in [-0.39, 0.29) is 29.4 Å². The number of rotatable bonds is 8. The lowest BCUT2D eigenvalue weighted by Gasteiger charge is -2.47. The standard InChI is InChI=1S/C29H34F6N2O3/c1-39-24-4-2-19(3-5-24)16-25(21-6-12-40-13-7-21)27(8-10-36-11-9-27)26(38)37-18-20-14-22(28(30,31)32)17-23(15-20)29(33,34)35/h2-5,14-15,17,21,25,36H,6-13,16,18H2,1H3,(H,37,38). The minimum Gasteiger partial charge on any atom is -0.497 e. The number of alkyl halides is 6. The molecule has 2 heterocycles. The van der Waals surface area contributed by atoms with Crippen LogP contribution in [0.25, 0.3) is 0 Å². The van der Waals surface area contributed by atoms with Gasteiger partial charge in [0, 0.05) is 19.8 Å². The molecule has 5 nitrogen and oxygen atoms in total. The Morgan fingerprint density at radius 1 is 0.975 bits per heavy atom. The van der Waals surface area contributed by atoms with Gasteiger partial charge >= 0.3 is 12.4 Å². The summed E-state index contributed by atoms with van der Waals surface area (Å²) in [5.41, 5.74) is -2.87. The molecule has 1 unspecified atom stereocenters. The van der Waals surface area contributed by atoms with Crippen molar-refractivity contribution in [1.29, 1.82) is 0 Å². The molecule has 0 bridgehead atoms. The van der Waals surface area contributed by atoms with E-state index in [1.54, 1.807) is 7.11 Å². The van der Waals surface area contributed by atoms with E-state index in [0.29, 0.717) is 63.4 Å². The predicted octanol–water partition coefficient (Wildman–Crippen LogP) is 6.00. The van der Waals surface area contributed by atoms with Gasteiger partial charge in [0.05, 0.1) is 23.7 Å². The first-order valence-corrected chi connectivity index (χ1v) is 13.4. The van der Waals surface area contributed by atoms with Crippen LogP contribution in [0.3, 0.4) is 0 Å². The topological polar surface area (TPSA) is 59.6 Å². The van der Waals surface area contributed by atoms with Crippen molar-refractivity contribution >= 4 is 5.91 Å². The lowest BCUT2D eigenvalue weighted by Crippen LogP contribution is -2.54. The van der Waals surface area contributed by atoms with E-state index in [1.807, 2.05) is 24.3 Å². The van der Waals surface area contributed by atoms with Gasteiger partial charge in [-0.15, -0.1) is 0 Å². The summed E-state index contributed by atoms with van der Waals surface area (Å²) in [6.07, 6.45) is -6.76. The van der Waals surface area contributed by atoms with Crippen LogP contribution in [-0.4, -0.2) is 39.3 Å². The fraction of sp³-hybridized carbons (Fsp3) is 0.552. The van der Waals surface area contributed by atoms with Gasteiger partial charge < -0.3 is 20.1 Å². The van der Waals surface area contributed by atoms with Crippen LogP contribution in [0, 0.1) is 17.3 Å². The van der Waals surface area contributed by atoms with Gasteiger partial charge in [0.15, 0.2) is 0 Å². The number of halogens is 6. The lowest BCUT2D eigenvalue weighted by molar-refractivity contribution is -0.143. The Balaban J connectivity index is 1.64. The van der Waals surface area contributed by atoms with Gasteiger partial charge in [-0.1, -0.05) is 12.1 Å². The third-order valence-corrected chi connectivity index (χ3v) is 8.21. The second kappa shape index (κ2) is 12.4. The zero-order chi connectivity index (χ0) is 29.0. The Hall–Kier alpha value is -2.79. The number of nitrogens with one attached hydrogen (secondary N) is 2. The molecule has 1 amide bonds. The van der Waals surface area contributed by atoms with E-state index in [9.17, 15) is 31.1 Å². The summed E-state index contributed by atoms with van der Waals surface area (Å²) in [4.78, 5) is 14.0. The molecule has 2 saturated heterocycles. The molecule has 2 aromatic rings. The van der Waals surface area contributed by atoms with Gasteiger partial charge in [0.25, 0.3) is 0 Å². The molecule has 0 saturated carbocycles. The molecular formula is C29H34F6N2O3. The zero-order valence-corrected chi connectivity index (χ0v) is 22.3. The molecule has 0 aromatic heterocycles. The SMILES string of the molecule is COc1ccc(CC(C2CCOCC2)C2(C(=O)NCc3cc(C(F)(F)F)cc(C(F)(F)F)c3)CCNCC2)cc1. The van der Waals surface area contributed by atoms with Crippen molar-refractivity contribution in [3.63, 3.8) is 0 Å². The predicted molar refractivity (Wildman–Crippen MR) is 137 cm³/mol. The largest absolute Gasteiger partial charge is 0.497 e. The number of hydrogen-bond acceptors (Lipinski definition) is 4. The van der Waals surface area contributed by atoms with E-state index < -0.39 is 35.4 Å². The Morgan fingerprint density at radius 3 is 2.08 bits per heavy atom. The highest BCUT2D eigenvalue weighted by atomic mass is 19.4. The van der Waals surface area contributed by atoms with Gasteiger partial charge in [-0.25, -0.2) is 0 Å². The molecule has 0 aliphatic carbocycles. The van der Waals surface area contributed by atoms with Gasteiger partial charge in [-0.2, -0.15) is 26.3 Å². The first-order chi connectivity index (χ1) is 18.9. The van der Waals surface area contributed by atoms with E-state index in [2.05, 4.69) is 10.6 Å². The molecule has 0 radical (unpaired) electrons. The number of piperidine rings is 1. The van der Waals surface area contributed by atoms with E-state index in [4.69, 9.17) is 9.47 Å². The number of amides is 1. The molecule has 4 rings (SSSR count). The van der Waals surface area contributed by atoms with Crippen LogP contribution in [-0.2, 0) is 34.8 Å². The second-order valence-electron chi connectivity index (χ2n) is 10.6. The summed E-state index contributed by atoms with van der Waals surface area (Å²) in [6, 6.07) is 9.05. The summed E-state index contributed by atoms with van der Waals surface area (Å²) < 4.78 is 91.1. The van der Waals surface area contributed by atoms with Crippen LogP contribution in [0.5, 0.6) is 5.75 Å². The van der Waals surface area contributed by atoms with Crippen LogP contribution in [0.15, 0.2) is 42.5 Å². The molecule has 2 aliphatic rings. The zero-order valence-electron chi connectivity index (χ0n) is 22.3. The third-order valence-electron chi connectivity index (χ3n) is 8.21. The van der Waals surface area contributed by atoms with Crippen LogP contribution in [0.1, 0.15) is 47.9 Å². The fourth-order valence-corrected chi connectivity index (χ4v) is 6.07. The maximum absolute atomic E-state index is 14.0. The molecule has 2 aromatic carbocycles. The summed E-state index contributed by atoms with van der Waals surface area (Å²) >= 11 is 0. The van der Waals surface area contributed by atoms with Crippen molar-refractivity contribution in [2.24, 2.45) is 17.3 Å². The third kappa shape index (κ3) is 7.09. The first kappa shape index (κ1) is 30.2. The highest BCUT2D eigenvalue weighted by Crippen LogP contribution is 2.46. The van der Waals surface area contributed by atoms with E-state index in [1.165, 1.54) is 0 Å². The molecule has 40 heavy (non-hydrogen) atoms. The maximum Gasteiger partial charge on any atom is 0.416 e. The molecule has 0 spiro atoms. The van der Waals surface area contributed by atoms with E-state index >= 15 is 0 Å². The minimum atomic E-state index is -4.96. The normalized spacial score (nSPS) is 19.2. The molecule has 2 aliphatic heterocycles. The first-order valence-electron chi connectivity index (χ1n) is 13.4. The highest BCUT2D eigenvalue weighted by Gasteiger charge is 2.49. The Labute approximate surface area is 229 Å². The van der Waals surface area contributed by atoms with E-state index in [0.717, 1.165) is 18.4 Å². The average Bonchev–Trinajstić information content (AvgIpc) is 2.94. The minimum absolute atomic E-state index is 0.0929. The average molecular weight is 573 g/mol. The number of methoxy groups -OCH3 is 1. The lowest BCUT2D eigenvalue weighted by atomic mass is 9.60. The van der Waals surface area contributed by atoms with Gasteiger partial charge in [-0.3, -0.25) is 4.79 Å². The van der Waals surface area contributed by atoms with Crippen molar-refractivity contribution in [1.82, 2.24) is 10.6 Å². The van der Waals surface area contributed by atoms with Crippen LogP contribution < -0.4 is 15.4 Å². The number of hydrogen-bond donors (Lipinski definition) is 2. The quantitative estimate of drug-likeness (QED) is 0.381. The number of ether oxygens (including phenoxy) is 2. The molecule has 220 valence electrons. The van der Waals surface area contributed by atoms with Crippen molar-refractivity contribution in [3.8, 4) is 5.75 Å². The number of carbonyl (C=O) groups excluding carboxylic acids is 1. The highest BCUT2D eigenvalue weighted by molar-refractivity contribution is 5.83. The van der Waals surface area contributed by atoms with Crippen LogP contribution in [0.2, 0.25) is 0 Å². The molecule has 2 fully saturated rings. The molecule has 2 N–H and O–H groups in total. The van der Waals surface area contributed by atoms with Crippen molar-refractivity contribution in [2.45, 2.75) is 51.0 Å². The Morgan fingerprint density at radius 2 is 1.55 bits per heavy atom.